The number of amides is 1. The van der Waals surface area contributed by atoms with Gasteiger partial charge < -0.3 is 15.6 Å². The highest BCUT2D eigenvalue weighted by atomic mass is 35.5. The molecule has 0 saturated heterocycles. The van der Waals surface area contributed by atoms with Crippen molar-refractivity contribution < 1.29 is 9.32 Å². The Labute approximate surface area is 129 Å². The number of nitrogens with two attached hydrogens (primary N) is 1. The van der Waals surface area contributed by atoms with E-state index in [9.17, 15) is 4.79 Å². The minimum atomic E-state index is -0.365. The van der Waals surface area contributed by atoms with Crippen LogP contribution in [-0.2, 0) is 0 Å². The Kier molecular flexibility index (Phi) is 5.69. The number of carbonyl (C=O) groups is 1. The second-order valence-corrected chi connectivity index (χ2v) is 4.99. The molecule has 2 rings (SSSR count). The lowest BCUT2D eigenvalue weighted by molar-refractivity contribution is 0.0895. The van der Waals surface area contributed by atoms with Crippen LogP contribution in [0.25, 0.3) is 11.1 Å². The first-order valence-corrected chi connectivity index (χ1v) is 6.80. The monoisotopic (exact) mass is 312 g/mol. The van der Waals surface area contributed by atoms with Crippen molar-refractivity contribution in [2.45, 2.75) is 39.2 Å². The predicted molar refractivity (Wildman–Crippen MR) is 83.6 cm³/mol. The summed E-state index contributed by atoms with van der Waals surface area (Å²) < 4.78 is 5.04. The van der Waals surface area contributed by atoms with Crippen LogP contribution in [0.1, 0.15) is 42.7 Å². The van der Waals surface area contributed by atoms with Gasteiger partial charge in [0.1, 0.15) is 0 Å². The van der Waals surface area contributed by atoms with E-state index in [0.717, 1.165) is 23.9 Å². The van der Waals surface area contributed by atoms with Gasteiger partial charge in [0.2, 0.25) is 0 Å². The van der Waals surface area contributed by atoms with Crippen LogP contribution in [0.15, 0.2) is 16.8 Å². The summed E-state index contributed by atoms with van der Waals surface area (Å²) in [6.45, 7) is 6.26. The molecule has 6 nitrogen and oxygen atoms in total. The Balaban J connectivity index is 0.00000220. The van der Waals surface area contributed by atoms with Crippen molar-refractivity contribution >= 4 is 29.4 Å². The maximum Gasteiger partial charge on any atom is 0.257 e. The third-order valence-corrected chi connectivity index (χ3v) is 3.90. The van der Waals surface area contributed by atoms with Crippen molar-refractivity contribution in [1.29, 1.82) is 0 Å². The highest BCUT2D eigenvalue weighted by molar-refractivity contribution is 5.97. The van der Waals surface area contributed by atoms with Crippen molar-refractivity contribution in [2.24, 2.45) is 5.73 Å². The van der Waals surface area contributed by atoms with E-state index in [4.69, 9.17) is 10.3 Å². The lowest BCUT2D eigenvalue weighted by Crippen LogP contribution is -2.52. The first-order chi connectivity index (χ1) is 9.55. The molecule has 0 aliphatic heterocycles. The Hall–Kier alpha value is -1.66. The topological polar surface area (TPSA) is 94.0 Å². The fourth-order valence-corrected chi connectivity index (χ4v) is 2.15. The molecule has 0 saturated carbocycles. The predicted octanol–water partition coefficient (Wildman–Crippen LogP) is 2.20. The van der Waals surface area contributed by atoms with Crippen LogP contribution in [0.2, 0.25) is 0 Å². The van der Waals surface area contributed by atoms with Gasteiger partial charge in [-0.2, -0.15) is 0 Å². The number of nitrogens with zero attached hydrogens (tertiary/aromatic N) is 2. The average Bonchev–Trinajstić information content (AvgIpc) is 2.86. The molecular formula is C14H21ClN4O2. The van der Waals surface area contributed by atoms with Crippen molar-refractivity contribution in [2.75, 3.05) is 6.54 Å². The fourth-order valence-electron chi connectivity index (χ4n) is 2.15. The Bertz CT molecular complexity index is 614. The fraction of sp³-hybridized carbons (Fsp3) is 0.500. The van der Waals surface area contributed by atoms with E-state index in [1.54, 1.807) is 6.07 Å². The normalized spacial score (nSPS) is 11.2. The van der Waals surface area contributed by atoms with Crippen LogP contribution in [-0.4, -0.2) is 28.1 Å². The molecule has 0 atom stereocenters. The molecule has 0 spiro atoms. The smallest absolute Gasteiger partial charge is 0.257 e. The van der Waals surface area contributed by atoms with Crippen LogP contribution in [0.5, 0.6) is 0 Å². The SMILES string of the molecule is CCC(CC)(CN)NC(=O)c1cnc2onc(C)c2c1.Cl. The van der Waals surface area contributed by atoms with Gasteiger partial charge in [0.05, 0.1) is 22.2 Å². The van der Waals surface area contributed by atoms with Crippen LogP contribution >= 0.6 is 12.4 Å². The molecule has 0 unspecified atom stereocenters. The number of hydrogen-bond acceptors (Lipinski definition) is 5. The summed E-state index contributed by atoms with van der Waals surface area (Å²) in [5.74, 6) is -0.172. The minimum absolute atomic E-state index is 0. The number of carbonyl (C=O) groups excluding carboxylic acids is 1. The van der Waals surface area contributed by atoms with Crippen LogP contribution in [0.3, 0.4) is 0 Å². The summed E-state index contributed by atoms with van der Waals surface area (Å²) in [5, 5.41) is 7.60. The summed E-state index contributed by atoms with van der Waals surface area (Å²) in [5.41, 5.74) is 7.08. The molecule has 2 heterocycles. The van der Waals surface area contributed by atoms with E-state index in [1.165, 1.54) is 6.20 Å². The van der Waals surface area contributed by atoms with Gasteiger partial charge in [0.15, 0.2) is 0 Å². The molecule has 0 aliphatic carbocycles. The third kappa shape index (κ3) is 3.33. The number of halogens is 1. The maximum absolute atomic E-state index is 12.4. The summed E-state index contributed by atoms with van der Waals surface area (Å²) in [4.78, 5) is 16.5. The van der Waals surface area contributed by atoms with E-state index >= 15 is 0 Å². The molecule has 0 radical (unpaired) electrons. The van der Waals surface area contributed by atoms with E-state index in [-0.39, 0.29) is 23.9 Å². The summed E-state index contributed by atoms with van der Waals surface area (Å²) in [6.07, 6.45) is 3.07. The molecule has 21 heavy (non-hydrogen) atoms. The van der Waals surface area contributed by atoms with Gasteiger partial charge in [-0.25, -0.2) is 4.98 Å². The van der Waals surface area contributed by atoms with E-state index in [2.05, 4.69) is 15.5 Å². The van der Waals surface area contributed by atoms with Crippen molar-refractivity contribution in [3.8, 4) is 0 Å². The third-order valence-electron chi connectivity index (χ3n) is 3.90. The van der Waals surface area contributed by atoms with Gasteiger partial charge in [-0.3, -0.25) is 4.79 Å². The lowest BCUT2D eigenvalue weighted by atomic mass is 9.92. The zero-order valence-corrected chi connectivity index (χ0v) is 13.3. The zero-order valence-electron chi connectivity index (χ0n) is 12.5. The van der Waals surface area contributed by atoms with E-state index < -0.39 is 0 Å². The molecular weight excluding hydrogens is 292 g/mol. The molecule has 116 valence electrons. The molecule has 0 fully saturated rings. The number of aryl methyl sites for hydroxylation is 1. The second-order valence-electron chi connectivity index (χ2n) is 4.99. The van der Waals surface area contributed by atoms with Gasteiger partial charge in [-0.1, -0.05) is 19.0 Å². The molecule has 2 aromatic rings. The summed E-state index contributed by atoms with van der Waals surface area (Å²) in [6, 6.07) is 1.75. The number of rotatable bonds is 5. The minimum Gasteiger partial charge on any atom is -0.345 e. The van der Waals surface area contributed by atoms with Crippen LogP contribution < -0.4 is 11.1 Å². The van der Waals surface area contributed by atoms with Gasteiger partial charge >= 0.3 is 0 Å². The second kappa shape index (κ2) is 6.87. The molecule has 0 bridgehead atoms. The summed E-state index contributed by atoms with van der Waals surface area (Å²) in [7, 11) is 0. The highest BCUT2D eigenvalue weighted by Crippen LogP contribution is 2.18. The van der Waals surface area contributed by atoms with Gasteiger partial charge in [0, 0.05) is 12.7 Å². The standard InChI is InChI=1S/C14H20N4O2.ClH/c1-4-14(5-2,8-15)17-12(19)10-6-11-9(3)18-20-13(11)16-7-10;/h6-7H,4-5,8,15H2,1-3H3,(H,17,19);1H. The van der Waals surface area contributed by atoms with Gasteiger partial charge in [-0.05, 0) is 25.8 Å². The Morgan fingerprint density at radius 3 is 2.67 bits per heavy atom. The average molecular weight is 313 g/mol. The van der Waals surface area contributed by atoms with Crippen molar-refractivity contribution in [3.63, 3.8) is 0 Å². The Morgan fingerprint density at radius 1 is 1.43 bits per heavy atom. The molecule has 7 heteroatoms. The van der Waals surface area contributed by atoms with E-state index in [1.807, 2.05) is 20.8 Å². The quantitative estimate of drug-likeness (QED) is 0.882. The Morgan fingerprint density at radius 2 is 2.10 bits per heavy atom. The maximum atomic E-state index is 12.4. The highest BCUT2D eigenvalue weighted by Gasteiger charge is 2.27. The first kappa shape index (κ1) is 17.4. The number of nitrogens with one attached hydrogen (secondary N) is 1. The van der Waals surface area contributed by atoms with Gasteiger partial charge in [-0.15, -0.1) is 12.4 Å². The molecule has 1 amide bonds. The van der Waals surface area contributed by atoms with Gasteiger partial charge in [0.25, 0.3) is 11.6 Å². The molecule has 2 aromatic heterocycles. The van der Waals surface area contributed by atoms with Crippen molar-refractivity contribution in [1.82, 2.24) is 15.5 Å². The number of hydrogen-bond donors (Lipinski definition) is 2. The first-order valence-electron chi connectivity index (χ1n) is 6.80. The number of aromatic nitrogens is 2. The number of fused-ring (bicyclic) bond motifs is 1. The zero-order chi connectivity index (χ0) is 14.8. The largest absolute Gasteiger partial charge is 0.345 e. The van der Waals surface area contributed by atoms with Crippen molar-refractivity contribution in [3.05, 3.63) is 23.5 Å². The summed E-state index contributed by atoms with van der Waals surface area (Å²) >= 11 is 0. The molecule has 0 aliphatic rings. The molecule has 3 N–H and O–H groups in total. The van der Waals surface area contributed by atoms with Crippen LogP contribution in [0.4, 0.5) is 0 Å². The lowest BCUT2D eigenvalue weighted by Gasteiger charge is -2.31. The van der Waals surface area contributed by atoms with E-state index in [0.29, 0.717) is 17.8 Å². The van der Waals surface area contributed by atoms with Crippen LogP contribution in [0, 0.1) is 6.92 Å². The molecule has 0 aromatic carbocycles. The number of pyridine rings is 1.